The quantitative estimate of drug-likeness (QED) is 0.757. The summed E-state index contributed by atoms with van der Waals surface area (Å²) in [6.07, 6.45) is 6.62. The molecular weight excluding hydrogens is 236 g/mol. The van der Waals surface area contributed by atoms with Gasteiger partial charge in [-0.15, -0.1) is 0 Å². The van der Waals surface area contributed by atoms with Crippen LogP contribution >= 0.6 is 0 Å². The molecule has 1 aliphatic carbocycles. The van der Waals surface area contributed by atoms with Gasteiger partial charge in [-0.25, -0.2) is 4.98 Å². The number of aryl methyl sites for hydroxylation is 2. The minimum Gasteiger partial charge on any atom is -0.477 e. The molecule has 0 amide bonds. The summed E-state index contributed by atoms with van der Waals surface area (Å²) in [5.74, 6) is 1.22. The van der Waals surface area contributed by atoms with Gasteiger partial charge in [0.25, 0.3) is 0 Å². The van der Waals surface area contributed by atoms with Crippen LogP contribution in [0.15, 0.2) is 6.07 Å². The Morgan fingerprint density at radius 3 is 2.89 bits per heavy atom. The lowest BCUT2D eigenvalue weighted by Gasteiger charge is -2.17. The Bertz CT molecular complexity index is 474. The van der Waals surface area contributed by atoms with Crippen LogP contribution in [0.3, 0.4) is 0 Å². The number of nitrogens with zero attached hydrogens (tertiary/aromatic N) is 2. The smallest absolute Gasteiger partial charge is 0.231 e. The van der Waals surface area contributed by atoms with E-state index in [0.717, 1.165) is 31.4 Å². The highest BCUT2D eigenvalue weighted by Crippen LogP contribution is 2.25. The van der Waals surface area contributed by atoms with Crippen molar-refractivity contribution in [2.45, 2.75) is 52.4 Å². The number of hydrogen-bond donors (Lipinski definition) is 0. The van der Waals surface area contributed by atoms with Crippen LogP contribution in [0.4, 0.5) is 0 Å². The largest absolute Gasteiger partial charge is 0.477 e. The highest BCUT2D eigenvalue weighted by atomic mass is 16.5. The van der Waals surface area contributed by atoms with Crippen LogP contribution in [0.1, 0.15) is 56.4 Å². The Labute approximate surface area is 115 Å². The summed E-state index contributed by atoms with van der Waals surface area (Å²) >= 11 is 0. The van der Waals surface area contributed by atoms with Crippen LogP contribution in [0.5, 0.6) is 5.88 Å². The lowest BCUT2D eigenvalue weighted by molar-refractivity contribution is 0.285. The Hall–Kier alpha value is -1.56. The Balaban J connectivity index is 2.04. The van der Waals surface area contributed by atoms with Gasteiger partial charge in [0.2, 0.25) is 5.88 Å². The third kappa shape index (κ3) is 3.70. The molecule has 102 valence electrons. The standard InChI is InChI=1S/C16H22N2O/c1-12(2)6-5-9-19-16-14(11-17)10-13-7-3-4-8-15(13)18-16/h10,12H,3-9H2,1-2H3. The molecule has 0 spiro atoms. The third-order valence-electron chi connectivity index (χ3n) is 3.55. The van der Waals surface area contributed by atoms with Crippen molar-refractivity contribution in [1.29, 1.82) is 5.26 Å². The molecule has 3 heteroatoms. The zero-order chi connectivity index (χ0) is 13.7. The fourth-order valence-electron chi connectivity index (χ4n) is 2.47. The first-order valence-electron chi connectivity index (χ1n) is 7.26. The molecule has 0 aliphatic heterocycles. The number of fused-ring (bicyclic) bond motifs is 1. The average Bonchev–Trinajstić information content (AvgIpc) is 2.42. The SMILES string of the molecule is CC(C)CCCOc1nc2c(cc1C#N)CCCC2. The van der Waals surface area contributed by atoms with Crippen LogP contribution in [-0.4, -0.2) is 11.6 Å². The van der Waals surface area contributed by atoms with Crippen molar-refractivity contribution >= 4 is 0 Å². The predicted octanol–water partition coefficient (Wildman–Crippen LogP) is 3.65. The van der Waals surface area contributed by atoms with Gasteiger partial charge in [0.05, 0.1) is 6.61 Å². The monoisotopic (exact) mass is 258 g/mol. The number of nitriles is 1. The van der Waals surface area contributed by atoms with Gasteiger partial charge in [-0.1, -0.05) is 13.8 Å². The topological polar surface area (TPSA) is 45.9 Å². The van der Waals surface area contributed by atoms with Crippen LogP contribution in [0.2, 0.25) is 0 Å². The van der Waals surface area contributed by atoms with E-state index in [1.54, 1.807) is 0 Å². The van der Waals surface area contributed by atoms with Crippen molar-refractivity contribution in [3.8, 4) is 11.9 Å². The van der Waals surface area contributed by atoms with Crippen LogP contribution in [0, 0.1) is 17.2 Å². The lowest BCUT2D eigenvalue weighted by Crippen LogP contribution is -2.09. The molecule has 0 fully saturated rings. The first-order valence-corrected chi connectivity index (χ1v) is 7.26. The molecule has 0 saturated carbocycles. The fourth-order valence-corrected chi connectivity index (χ4v) is 2.47. The Kier molecular flexibility index (Phi) is 4.79. The first-order chi connectivity index (χ1) is 9.20. The number of hydrogen-bond acceptors (Lipinski definition) is 3. The number of aromatic nitrogens is 1. The zero-order valence-electron chi connectivity index (χ0n) is 11.9. The second kappa shape index (κ2) is 6.56. The average molecular weight is 258 g/mol. The number of ether oxygens (including phenoxy) is 1. The van der Waals surface area contributed by atoms with Crippen LogP contribution in [-0.2, 0) is 12.8 Å². The van der Waals surface area contributed by atoms with E-state index >= 15 is 0 Å². The van der Waals surface area contributed by atoms with Crippen molar-refractivity contribution in [2.75, 3.05) is 6.61 Å². The van der Waals surface area contributed by atoms with Crippen molar-refractivity contribution in [2.24, 2.45) is 5.92 Å². The molecule has 0 radical (unpaired) electrons. The van der Waals surface area contributed by atoms with E-state index in [2.05, 4.69) is 24.9 Å². The molecular formula is C16H22N2O. The minimum atomic E-state index is 0.534. The van der Waals surface area contributed by atoms with Gasteiger partial charge >= 0.3 is 0 Å². The summed E-state index contributed by atoms with van der Waals surface area (Å²) in [6.45, 7) is 5.06. The lowest BCUT2D eigenvalue weighted by atomic mass is 9.95. The van der Waals surface area contributed by atoms with E-state index in [-0.39, 0.29) is 0 Å². The van der Waals surface area contributed by atoms with Crippen LogP contribution in [0.25, 0.3) is 0 Å². The maximum absolute atomic E-state index is 9.19. The van der Waals surface area contributed by atoms with Gasteiger partial charge in [0.15, 0.2) is 0 Å². The summed E-state index contributed by atoms with van der Waals surface area (Å²) in [6, 6.07) is 4.18. The third-order valence-corrected chi connectivity index (χ3v) is 3.55. The molecule has 1 aromatic rings. The molecule has 0 unspecified atom stereocenters. The molecule has 1 aromatic heterocycles. The van der Waals surface area contributed by atoms with Crippen molar-refractivity contribution < 1.29 is 4.74 Å². The van der Waals surface area contributed by atoms with Crippen molar-refractivity contribution in [1.82, 2.24) is 4.98 Å². The summed E-state index contributed by atoms with van der Waals surface area (Å²) in [5, 5.41) is 9.19. The summed E-state index contributed by atoms with van der Waals surface area (Å²) < 4.78 is 5.71. The first kappa shape index (κ1) is 13.9. The molecule has 0 saturated heterocycles. The summed E-state index contributed by atoms with van der Waals surface area (Å²) in [7, 11) is 0. The molecule has 2 rings (SSSR count). The second-order valence-electron chi connectivity index (χ2n) is 5.65. The van der Waals surface area contributed by atoms with Gasteiger partial charge in [-0.05, 0) is 56.1 Å². The van der Waals surface area contributed by atoms with Gasteiger partial charge < -0.3 is 4.74 Å². The van der Waals surface area contributed by atoms with Crippen molar-refractivity contribution in [3.05, 3.63) is 22.9 Å². The highest BCUT2D eigenvalue weighted by molar-refractivity contribution is 5.43. The van der Waals surface area contributed by atoms with Gasteiger partial charge in [-0.2, -0.15) is 5.26 Å². The maximum atomic E-state index is 9.19. The van der Waals surface area contributed by atoms with Gasteiger partial charge in [0.1, 0.15) is 11.6 Å². The Morgan fingerprint density at radius 1 is 1.37 bits per heavy atom. The molecule has 3 nitrogen and oxygen atoms in total. The maximum Gasteiger partial charge on any atom is 0.231 e. The Morgan fingerprint density at radius 2 is 2.16 bits per heavy atom. The van der Waals surface area contributed by atoms with E-state index in [4.69, 9.17) is 4.74 Å². The molecule has 0 bridgehead atoms. The summed E-state index contributed by atoms with van der Waals surface area (Å²) in [5.41, 5.74) is 2.95. The number of rotatable bonds is 5. The van der Waals surface area contributed by atoms with E-state index in [9.17, 15) is 5.26 Å². The molecule has 0 atom stereocenters. The van der Waals surface area contributed by atoms with E-state index in [0.29, 0.717) is 24.0 Å². The molecule has 1 aliphatic rings. The second-order valence-corrected chi connectivity index (χ2v) is 5.65. The van der Waals surface area contributed by atoms with Gasteiger partial charge in [-0.3, -0.25) is 0 Å². The molecule has 1 heterocycles. The van der Waals surface area contributed by atoms with E-state index in [1.165, 1.54) is 18.4 Å². The normalized spacial score (nSPS) is 14.0. The minimum absolute atomic E-state index is 0.534. The molecule has 19 heavy (non-hydrogen) atoms. The molecule has 0 aromatic carbocycles. The van der Waals surface area contributed by atoms with Crippen molar-refractivity contribution in [3.63, 3.8) is 0 Å². The number of pyridine rings is 1. The predicted molar refractivity (Wildman–Crippen MR) is 75.2 cm³/mol. The fraction of sp³-hybridized carbons (Fsp3) is 0.625. The molecule has 0 N–H and O–H groups in total. The van der Waals surface area contributed by atoms with Crippen LogP contribution < -0.4 is 4.74 Å². The highest BCUT2D eigenvalue weighted by Gasteiger charge is 2.15. The van der Waals surface area contributed by atoms with Gasteiger partial charge in [0, 0.05) is 5.69 Å². The van der Waals surface area contributed by atoms with E-state index < -0.39 is 0 Å². The zero-order valence-corrected chi connectivity index (χ0v) is 11.9. The summed E-state index contributed by atoms with van der Waals surface area (Å²) in [4.78, 5) is 4.56. The van der Waals surface area contributed by atoms with E-state index in [1.807, 2.05) is 6.07 Å².